The van der Waals surface area contributed by atoms with Crippen LogP contribution >= 0.6 is 0 Å². The van der Waals surface area contributed by atoms with Gasteiger partial charge in [-0.05, 0) is 109 Å². The highest BCUT2D eigenvalue weighted by molar-refractivity contribution is 5.71. The number of carbonyl (C=O) groups excluding carboxylic acids is 3. The predicted octanol–water partition coefficient (Wildman–Crippen LogP) is 17.4. The van der Waals surface area contributed by atoms with Gasteiger partial charge in [0.15, 0.2) is 6.10 Å². The zero-order valence-electron chi connectivity index (χ0n) is 41.3. The van der Waals surface area contributed by atoms with E-state index in [0.717, 1.165) is 109 Å². The van der Waals surface area contributed by atoms with Crippen LogP contribution in [0.4, 0.5) is 0 Å². The fourth-order valence-corrected chi connectivity index (χ4v) is 7.11. The first-order valence-corrected chi connectivity index (χ1v) is 26.4. The normalized spacial score (nSPS) is 12.6. The van der Waals surface area contributed by atoms with Crippen molar-refractivity contribution < 1.29 is 28.6 Å². The third kappa shape index (κ3) is 49.7. The number of rotatable bonds is 47. The van der Waals surface area contributed by atoms with Gasteiger partial charge in [-0.25, -0.2) is 0 Å². The second-order valence-electron chi connectivity index (χ2n) is 17.4. The van der Waals surface area contributed by atoms with Gasteiger partial charge in [0, 0.05) is 19.3 Å². The Bertz CT molecular complexity index is 1190. The van der Waals surface area contributed by atoms with Crippen molar-refractivity contribution in [3.8, 4) is 0 Å². The molecule has 0 spiro atoms. The maximum absolute atomic E-state index is 12.8. The molecule has 6 nitrogen and oxygen atoms in total. The Morgan fingerprint density at radius 1 is 0.317 bits per heavy atom. The first-order valence-electron chi connectivity index (χ1n) is 26.4. The van der Waals surface area contributed by atoms with E-state index in [4.69, 9.17) is 14.2 Å². The summed E-state index contributed by atoms with van der Waals surface area (Å²) in [7, 11) is 0. The lowest BCUT2D eigenvalue weighted by molar-refractivity contribution is -0.167. The summed E-state index contributed by atoms with van der Waals surface area (Å²) in [5.41, 5.74) is 0. The Hall–Kier alpha value is -3.15. The molecule has 0 aromatic carbocycles. The summed E-state index contributed by atoms with van der Waals surface area (Å²) < 4.78 is 16.8. The van der Waals surface area contributed by atoms with Crippen LogP contribution in [0.3, 0.4) is 0 Å². The minimum atomic E-state index is -0.791. The topological polar surface area (TPSA) is 78.9 Å². The van der Waals surface area contributed by atoms with Crippen molar-refractivity contribution in [2.75, 3.05) is 13.2 Å². The van der Waals surface area contributed by atoms with Crippen LogP contribution in [0.15, 0.2) is 72.9 Å². The first-order chi connectivity index (χ1) is 31.0. The van der Waals surface area contributed by atoms with Gasteiger partial charge < -0.3 is 14.2 Å². The van der Waals surface area contributed by atoms with E-state index in [-0.39, 0.29) is 31.1 Å². The third-order valence-electron chi connectivity index (χ3n) is 11.2. The monoisotopic (exact) mass is 879 g/mol. The molecule has 0 aliphatic heterocycles. The number of unbranched alkanes of at least 4 members (excludes halogenated alkanes) is 24. The summed E-state index contributed by atoms with van der Waals surface area (Å²) in [6, 6.07) is 0. The van der Waals surface area contributed by atoms with Crippen LogP contribution in [0.2, 0.25) is 0 Å². The molecule has 6 heteroatoms. The number of allylic oxidation sites excluding steroid dienone is 12. The van der Waals surface area contributed by atoms with Gasteiger partial charge in [-0.2, -0.15) is 0 Å². The lowest BCUT2D eigenvalue weighted by atomic mass is 10.1. The van der Waals surface area contributed by atoms with E-state index in [9.17, 15) is 14.4 Å². The molecule has 63 heavy (non-hydrogen) atoms. The molecule has 0 aromatic rings. The molecule has 0 rings (SSSR count). The van der Waals surface area contributed by atoms with E-state index in [1.54, 1.807) is 0 Å². The Morgan fingerprint density at radius 2 is 0.587 bits per heavy atom. The average molecular weight is 879 g/mol. The quantitative estimate of drug-likeness (QED) is 0.0262. The van der Waals surface area contributed by atoms with E-state index in [1.165, 1.54) is 103 Å². The minimum absolute atomic E-state index is 0.0902. The molecule has 362 valence electrons. The van der Waals surface area contributed by atoms with Crippen LogP contribution in [-0.2, 0) is 28.6 Å². The highest BCUT2D eigenvalue weighted by Gasteiger charge is 2.19. The molecule has 0 heterocycles. The van der Waals surface area contributed by atoms with Gasteiger partial charge in [0.1, 0.15) is 13.2 Å². The molecule has 0 saturated carbocycles. The first kappa shape index (κ1) is 59.9. The summed E-state index contributed by atoms with van der Waals surface area (Å²) in [5, 5.41) is 0. The molecule has 0 fully saturated rings. The number of hydrogen-bond donors (Lipinski definition) is 0. The molecule has 0 amide bonds. The van der Waals surface area contributed by atoms with Gasteiger partial charge in [-0.1, -0.05) is 196 Å². The molecule has 0 aliphatic carbocycles. The molecule has 0 N–H and O–H groups in total. The van der Waals surface area contributed by atoms with Crippen LogP contribution in [0.25, 0.3) is 0 Å². The summed E-state index contributed by atoms with van der Waals surface area (Å²) >= 11 is 0. The minimum Gasteiger partial charge on any atom is -0.462 e. The largest absolute Gasteiger partial charge is 0.462 e. The molecule has 0 radical (unpaired) electrons. The fourth-order valence-electron chi connectivity index (χ4n) is 7.11. The fraction of sp³-hybridized carbons (Fsp3) is 0.737. The lowest BCUT2D eigenvalue weighted by Gasteiger charge is -2.18. The molecule has 0 aliphatic rings. The highest BCUT2D eigenvalue weighted by atomic mass is 16.6. The van der Waals surface area contributed by atoms with Gasteiger partial charge in [-0.3, -0.25) is 14.4 Å². The number of carbonyl (C=O) groups is 3. The zero-order chi connectivity index (χ0) is 45.8. The van der Waals surface area contributed by atoms with Crippen LogP contribution < -0.4 is 0 Å². The second kappa shape index (κ2) is 51.5. The van der Waals surface area contributed by atoms with E-state index in [1.807, 2.05) is 0 Å². The van der Waals surface area contributed by atoms with Gasteiger partial charge in [-0.15, -0.1) is 0 Å². The van der Waals surface area contributed by atoms with Crippen molar-refractivity contribution in [3.05, 3.63) is 72.9 Å². The van der Waals surface area contributed by atoms with E-state index in [2.05, 4.69) is 93.7 Å². The number of esters is 3. The van der Waals surface area contributed by atoms with Gasteiger partial charge in [0.05, 0.1) is 0 Å². The SMILES string of the molecule is CCCC/C=C\CCCCCCCC(=O)OC[C@H](COC(=O)CCCCCCCC/C=C\C/C=C\C/C=C\CCCCC)OC(=O)CCCCCCC/C=C\C/C=C\CCCCC. The summed E-state index contributed by atoms with van der Waals surface area (Å²) in [6.45, 7) is 6.52. The second-order valence-corrected chi connectivity index (χ2v) is 17.4. The Balaban J connectivity index is 4.40. The Morgan fingerprint density at radius 3 is 0.952 bits per heavy atom. The summed E-state index contributed by atoms with van der Waals surface area (Å²) in [4.78, 5) is 38.0. The summed E-state index contributed by atoms with van der Waals surface area (Å²) in [5.74, 6) is -0.924. The molecular formula is C57H98O6. The van der Waals surface area contributed by atoms with Gasteiger partial charge >= 0.3 is 17.9 Å². The van der Waals surface area contributed by atoms with Crippen molar-refractivity contribution in [2.24, 2.45) is 0 Å². The van der Waals surface area contributed by atoms with Gasteiger partial charge in [0.2, 0.25) is 0 Å². The average Bonchev–Trinajstić information content (AvgIpc) is 3.28. The smallest absolute Gasteiger partial charge is 0.306 e. The molecular weight excluding hydrogens is 781 g/mol. The van der Waals surface area contributed by atoms with Crippen LogP contribution in [-0.4, -0.2) is 37.2 Å². The van der Waals surface area contributed by atoms with Crippen LogP contribution in [0, 0.1) is 0 Å². The van der Waals surface area contributed by atoms with Crippen LogP contribution in [0.5, 0.6) is 0 Å². The van der Waals surface area contributed by atoms with E-state index >= 15 is 0 Å². The Kier molecular flexibility index (Phi) is 48.9. The molecule has 1 atom stereocenters. The van der Waals surface area contributed by atoms with E-state index in [0.29, 0.717) is 19.3 Å². The zero-order valence-corrected chi connectivity index (χ0v) is 41.3. The van der Waals surface area contributed by atoms with Crippen molar-refractivity contribution in [3.63, 3.8) is 0 Å². The van der Waals surface area contributed by atoms with E-state index < -0.39 is 6.10 Å². The molecule has 0 unspecified atom stereocenters. The third-order valence-corrected chi connectivity index (χ3v) is 11.2. The standard InChI is InChI=1S/C57H98O6/c1-4-7-10-13-16-19-22-24-26-27-28-29-31-32-35-38-41-44-47-50-56(59)62-53-54(52-61-55(58)49-46-43-40-37-34-21-18-15-12-9-6-3)63-57(60)51-48-45-42-39-36-33-30-25-23-20-17-14-11-8-5-2/h15-20,24-26,28-30,54H,4-14,21-23,27,31-53H2,1-3H3/b18-15-,19-16-,20-17-,26-24-,29-28-,30-25-/t54-/m1/s1. The maximum Gasteiger partial charge on any atom is 0.306 e. The Labute approximate surface area is 389 Å². The molecule has 0 aromatic heterocycles. The predicted molar refractivity (Wildman–Crippen MR) is 270 cm³/mol. The van der Waals surface area contributed by atoms with Crippen molar-refractivity contribution >= 4 is 17.9 Å². The number of hydrogen-bond acceptors (Lipinski definition) is 6. The van der Waals surface area contributed by atoms with Crippen molar-refractivity contribution in [2.45, 2.75) is 258 Å². The molecule has 0 bridgehead atoms. The highest BCUT2D eigenvalue weighted by Crippen LogP contribution is 2.14. The lowest BCUT2D eigenvalue weighted by Crippen LogP contribution is -2.30. The van der Waals surface area contributed by atoms with Crippen LogP contribution in [0.1, 0.15) is 252 Å². The van der Waals surface area contributed by atoms with Gasteiger partial charge in [0.25, 0.3) is 0 Å². The number of ether oxygens (including phenoxy) is 3. The van der Waals surface area contributed by atoms with Crippen molar-refractivity contribution in [1.29, 1.82) is 0 Å². The molecule has 0 saturated heterocycles. The summed E-state index contributed by atoms with van der Waals surface area (Å²) in [6.07, 6.45) is 64.5. The van der Waals surface area contributed by atoms with Crippen molar-refractivity contribution in [1.82, 2.24) is 0 Å². The maximum atomic E-state index is 12.8.